The standard InChI is InChI=1S/C33H32N6O7/c1-5-33(17-44-30(41)37-26-9-6-21(2)24(12-26)15-34,18-45-31(42)38-27-10-7-22(3)25(13-27)16-35)19-46-32(43)39-28-11-8-23(4)29(14-28)36-20-40/h6-14H,5,17-19H2,1-4H3,(H,37,41)(H,38,42)(H,39,43). The molecule has 0 saturated carbocycles. The number of anilines is 3. The predicted octanol–water partition coefficient (Wildman–Crippen LogP) is 6.76. The normalized spacial score (nSPS) is 10.3. The third-order valence-electron chi connectivity index (χ3n) is 7.11. The van der Waals surface area contributed by atoms with Crippen LogP contribution in [0, 0.1) is 48.8 Å². The van der Waals surface area contributed by atoms with Gasteiger partial charge in [-0.15, -0.1) is 0 Å². The lowest BCUT2D eigenvalue weighted by Gasteiger charge is -2.31. The van der Waals surface area contributed by atoms with Gasteiger partial charge in [0.15, 0.2) is 0 Å². The number of amides is 3. The van der Waals surface area contributed by atoms with Crippen molar-refractivity contribution in [3.05, 3.63) is 82.4 Å². The van der Waals surface area contributed by atoms with E-state index >= 15 is 0 Å². The summed E-state index contributed by atoms with van der Waals surface area (Å²) in [6.45, 7) is 6.04. The van der Waals surface area contributed by atoms with Crippen molar-refractivity contribution >= 4 is 47.1 Å². The van der Waals surface area contributed by atoms with Gasteiger partial charge in [-0.25, -0.2) is 19.2 Å². The van der Waals surface area contributed by atoms with Crippen LogP contribution in [0.4, 0.5) is 37.1 Å². The van der Waals surface area contributed by atoms with Gasteiger partial charge in [0.25, 0.3) is 0 Å². The first-order valence-electron chi connectivity index (χ1n) is 14.0. The Labute approximate surface area is 265 Å². The second kappa shape index (κ2) is 16.1. The van der Waals surface area contributed by atoms with E-state index in [-0.39, 0.29) is 26.2 Å². The maximum absolute atomic E-state index is 12.7. The molecule has 3 aromatic carbocycles. The van der Waals surface area contributed by atoms with Crippen molar-refractivity contribution in [1.82, 2.24) is 0 Å². The van der Waals surface area contributed by atoms with Crippen LogP contribution in [0.2, 0.25) is 0 Å². The third kappa shape index (κ3) is 9.67. The fourth-order valence-corrected chi connectivity index (χ4v) is 4.05. The summed E-state index contributed by atoms with van der Waals surface area (Å²) in [5.74, 6) is 0. The Morgan fingerprint density at radius 2 is 1.09 bits per heavy atom. The highest BCUT2D eigenvalue weighted by Crippen LogP contribution is 2.27. The van der Waals surface area contributed by atoms with E-state index in [4.69, 9.17) is 14.2 Å². The fraction of sp³-hybridized carbons (Fsp3) is 0.273. The first-order chi connectivity index (χ1) is 22.0. The van der Waals surface area contributed by atoms with E-state index in [1.807, 2.05) is 12.1 Å². The minimum atomic E-state index is -1.18. The molecule has 0 heterocycles. The van der Waals surface area contributed by atoms with E-state index in [0.717, 1.165) is 11.1 Å². The summed E-state index contributed by atoms with van der Waals surface area (Å²) in [4.78, 5) is 52.4. The van der Waals surface area contributed by atoms with Crippen molar-refractivity contribution in [3.8, 4) is 12.1 Å². The largest absolute Gasteiger partial charge is 0.448 e. The van der Waals surface area contributed by atoms with Gasteiger partial charge in [-0.1, -0.05) is 25.1 Å². The number of isocyanates is 1. The quantitative estimate of drug-likeness (QED) is 0.117. The Balaban J connectivity index is 1.72. The lowest BCUT2D eigenvalue weighted by molar-refractivity contribution is -0.0104. The number of nitrogens with zero attached hydrogens (tertiary/aromatic N) is 3. The van der Waals surface area contributed by atoms with Crippen LogP contribution in [0.5, 0.6) is 0 Å². The zero-order chi connectivity index (χ0) is 33.7. The van der Waals surface area contributed by atoms with Crippen LogP contribution in [-0.4, -0.2) is 44.2 Å². The van der Waals surface area contributed by atoms with Crippen molar-refractivity contribution in [2.24, 2.45) is 10.4 Å². The van der Waals surface area contributed by atoms with Gasteiger partial charge < -0.3 is 14.2 Å². The fourth-order valence-electron chi connectivity index (χ4n) is 4.05. The molecule has 0 spiro atoms. The smallest absolute Gasteiger partial charge is 0.411 e. The van der Waals surface area contributed by atoms with Crippen LogP contribution in [0.15, 0.2) is 59.6 Å². The third-order valence-corrected chi connectivity index (χ3v) is 7.11. The zero-order valence-corrected chi connectivity index (χ0v) is 25.7. The van der Waals surface area contributed by atoms with Crippen molar-refractivity contribution < 1.29 is 33.4 Å². The minimum Gasteiger partial charge on any atom is -0.448 e. The highest BCUT2D eigenvalue weighted by atomic mass is 16.6. The maximum atomic E-state index is 12.7. The number of rotatable bonds is 11. The van der Waals surface area contributed by atoms with Gasteiger partial charge in [-0.05, 0) is 80.3 Å². The van der Waals surface area contributed by atoms with E-state index in [1.165, 1.54) is 24.3 Å². The average molecular weight is 625 g/mol. The molecular formula is C33H32N6O7. The lowest BCUT2D eigenvalue weighted by atomic mass is 9.88. The number of aliphatic imine (C=N–C) groups is 1. The molecule has 0 aliphatic rings. The van der Waals surface area contributed by atoms with Crippen molar-refractivity contribution in [2.45, 2.75) is 34.1 Å². The van der Waals surface area contributed by atoms with Gasteiger partial charge >= 0.3 is 18.3 Å². The molecule has 13 heteroatoms. The molecule has 0 fully saturated rings. The minimum absolute atomic E-state index is 0.246. The summed E-state index contributed by atoms with van der Waals surface area (Å²) in [6.07, 6.45) is -0.834. The number of nitriles is 2. The van der Waals surface area contributed by atoms with Crippen LogP contribution < -0.4 is 16.0 Å². The molecule has 0 radical (unpaired) electrons. The van der Waals surface area contributed by atoms with E-state index < -0.39 is 23.7 Å². The van der Waals surface area contributed by atoms with E-state index in [0.29, 0.717) is 39.4 Å². The molecule has 0 saturated heterocycles. The molecule has 0 aliphatic carbocycles. The molecule has 3 N–H and O–H groups in total. The summed E-state index contributed by atoms with van der Waals surface area (Å²) in [5, 5.41) is 26.2. The molecule has 13 nitrogen and oxygen atoms in total. The molecule has 3 rings (SSSR count). The Hall–Kier alpha value is -6.17. The summed E-state index contributed by atoms with van der Waals surface area (Å²) >= 11 is 0. The Morgan fingerprint density at radius 3 is 1.46 bits per heavy atom. The molecule has 0 aliphatic heterocycles. The summed E-state index contributed by atoms with van der Waals surface area (Å²) in [6, 6.07) is 18.4. The number of hydrogen-bond acceptors (Lipinski definition) is 10. The van der Waals surface area contributed by atoms with Gasteiger partial charge in [0, 0.05) is 17.1 Å². The molecule has 0 bridgehead atoms. The zero-order valence-electron chi connectivity index (χ0n) is 25.7. The van der Waals surface area contributed by atoms with Crippen LogP contribution in [0.1, 0.15) is 41.2 Å². The number of carbonyl (C=O) groups is 3. The van der Waals surface area contributed by atoms with Crippen LogP contribution in [-0.2, 0) is 19.0 Å². The molecule has 3 amide bonds. The number of hydrogen-bond donors (Lipinski definition) is 3. The number of carbonyl (C=O) groups excluding carboxylic acids is 4. The Kier molecular flexibility index (Phi) is 12.0. The van der Waals surface area contributed by atoms with Gasteiger partial charge in [0.05, 0.1) is 34.4 Å². The molecule has 236 valence electrons. The SMILES string of the molecule is CCC(COC(=O)Nc1ccc(C)c(C#N)c1)(COC(=O)Nc1ccc(C)c(C#N)c1)COC(=O)Nc1ccc(C)c(N=C=O)c1. The van der Waals surface area contributed by atoms with E-state index in [9.17, 15) is 29.7 Å². The van der Waals surface area contributed by atoms with Crippen LogP contribution >= 0.6 is 0 Å². The molecular weight excluding hydrogens is 592 g/mol. The molecule has 46 heavy (non-hydrogen) atoms. The maximum Gasteiger partial charge on any atom is 0.411 e. The topological polar surface area (TPSA) is 192 Å². The molecule has 0 unspecified atom stereocenters. The Bertz CT molecular complexity index is 1670. The van der Waals surface area contributed by atoms with Gasteiger partial charge in [0.1, 0.15) is 19.8 Å². The highest BCUT2D eigenvalue weighted by molar-refractivity contribution is 5.86. The monoisotopic (exact) mass is 624 g/mol. The van der Waals surface area contributed by atoms with Crippen LogP contribution in [0.3, 0.4) is 0 Å². The number of nitrogens with one attached hydrogen (secondary N) is 3. The van der Waals surface area contributed by atoms with Gasteiger partial charge in [-0.2, -0.15) is 15.5 Å². The first kappa shape index (κ1) is 34.3. The summed E-state index contributed by atoms with van der Waals surface area (Å²) < 4.78 is 16.4. The van der Waals surface area contributed by atoms with Gasteiger partial charge in [-0.3, -0.25) is 16.0 Å². The van der Waals surface area contributed by atoms with E-state index in [2.05, 4.69) is 20.9 Å². The number of aryl methyl sites for hydroxylation is 3. The van der Waals surface area contributed by atoms with Crippen molar-refractivity contribution in [2.75, 3.05) is 35.8 Å². The van der Waals surface area contributed by atoms with E-state index in [1.54, 1.807) is 64.1 Å². The van der Waals surface area contributed by atoms with Crippen molar-refractivity contribution in [3.63, 3.8) is 0 Å². The molecule has 0 aromatic heterocycles. The second-order valence-corrected chi connectivity index (χ2v) is 10.4. The van der Waals surface area contributed by atoms with Gasteiger partial charge in [0.2, 0.25) is 6.08 Å². The lowest BCUT2D eigenvalue weighted by Crippen LogP contribution is -2.40. The first-order valence-corrected chi connectivity index (χ1v) is 14.0. The Morgan fingerprint density at radius 1 is 0.696 bits per heavy atom. The van der Waals surface area contributed by atoms with Crippen LogP contribution in [0.25, 0.3) is 0 Å². The summed E-state index contributed by atoms with van der Waals surface area (Å²) in [7, 11) is 0. The predicted molar refractivity (Wildman–Crippen MR) is 168 cm³/mol. The number of ether oxygens (including phenoxy) is 3. The highest BCUT2D eigenvalue weighted by Gasteiger charge is 2.34. The second-order valence-electron chi connectivity index (χ2n) is 10.4. The van der Waals surface area contributed by atoms with Crippen molar-refractivity contribution in [1.29, 1.82) is 10.5 Å². The molecule has 3 aromatic rings. The molecule has 0 atom stereocenters. The number of benzene rings is 3. The average Bonchev–Trinajstić information content (AvgIpc) is 3.04. The summed E-state index contributed by atoms with van der Waals surface area (Å²) in [5.41, 5.74) is 3.07.